The average molecular weight is 389 g/mol. The molecule has 0 radical (unpaired) electrons. The van der Waals surface area contributed by atoms with Gasteiger partial charge in [-0.2, -0.15) is 4.31 Å². The molecule has 2 aliphatic rings. The van der Waals surface area contributed by atoms with E-state index >= 15 is 0 Å². The highest BCUT2D eigenvalue weighted by Crippen LogP contribution is 2.29. The Morgan fingerprint density at radius 3 is 2.68 bits per heavy atom. The second-order valence-electron chi connectivity index (χ2n) is 5.52. The van der Waals surface area contributed by atoms with Gasteiger partial charge in [-0.3, -0.25) is 4.79 Å². The molecule has 0 aliphatic carbocycles. The number of ether oxygens (including phenoxy) is 1. The first-order valence-corrected chi connectivity index (χ1v) is 9.34. The fourth-order valence-electron chi connectivity index (χ4n) is 2.59. The third-order valence-electron chi connectivity index (χ3n) is 3.96. The Kier molecular flexibility index (Phi) is 4.54. The minimum absolute atomic E-state index is 0.0708. The third kappa shape index (κ3) is 3.05. The van der Waals surface area contributed by atoms with Crippen LogP contribution in [-0.2, 0) is 19.6 Å². The highest BCUT2D eigenvalue weighted by molar-refractivity contribution is 9.10. The van der Waals surface area contributed by atoms with E-state index in [0.717, 1.165) is 0 Å². The summed E-state index contributed by atoms with van der Waals surface area (Å²) in [6, 6.07) is 6.79. The van der Waals surface area contributed by atoms with Crippen molar-refractivity contribution >= 4 is 31.9 Å². The number of hydrogen-bond donors (Lipinski definition) is 1. The molecule has 3 rings (SSSR count). The number of halogens is 1. The van der Waals surface area contributed by atoms with Crippen molar-refractivity contribution in [3.63, 3.8) is 0 Å². The molecule has 1 unspecified atom stereocenters. The monoisotopic (exact) mass is 388 g/mol. The first-order valence-electron chi connectivity index (χ1n) is 7.11. The Labute approximate surface area is 138 Å². The highest BCUT2D eigenvalue weighted by atomic mass is 79.9. The van der Waals surface area contributed by atoms with E-state index in [-0.39, 0.29) is 29.3 Å². The van der Waals surface area contributed by atoms with Gasteiger partial charge in [-0.25, -0.2) is 8.42 Å². The molecule has 0 spiro atoms. The zero-order chi connectivity index (χ0) is 15.7. The molecule has 6 nitrogen and oxygen atoms in total. The number of amides is 1. The van der Waals surface area contributed by atoms with E-state index in [0.29, 0.717) is 30.7 Å². The summed E-state index contributed by atoms with van der Waals surface area (Å²) in [6.45, 7) is 1.67. The van der Waals surface area contributed by atoms with Gasteiger partial charge in [-0.15, -0.1) is 0 Å². The Morgan fingerprint density at radius 2 is 2.05 bits per heavy atom. The molecule has 1 amide bonds. The molecule has 8 heteroatoms. The van der Waals surface area contributed by atoms with Crippen LogP contribution in [0.5, 0.6) is 0 Å². The van der Waals surface area contributed by atoms with Crippen molar-refractivity contribution < 1.29 is 17.9 Å². The van der Waals surface area contributed by atoms with Crippen LogP contribution >= 0.6 is 15.9 Å². The molecule has 1 N–H and O–H groups in total. The van der Waals surface area contributed by atoms with Crippen molar-refractivity contribution in [2.45, 2.75) is 17.4 Å². The number of carbonyl (C=O) groups excluding carboxylic acids is 1. The van der Waals surface area contributed by atoms with Crippen LogP contribution in [0.25, 0.3) is 0 Å². The molecule has 120 valence electrons. The van der Waals surface area contributed by atoms with Gasteiger partial charge in [0.25, 0.3) is 0 Å². The molecule has 1 atom stereocenters. The largest absolute Gasteiger partial charge is 0.377 e. The Morgan fingerprint density at radius 1 is 1.32 bits per heavy atom. The number of nitrogens with one attached hydrogen (secondary N) is 1. The van der Waals surface area contributed by atoms with Crippen molar-refractivity contribution in [3.8, 4) is 0 Å². The number of sulfonamides is 1. The van der Waals surface area contributed by atoms with Crippen LogP contribution < -0.4 is 5.32 Å². The van der Waals surface area contributed by atoms with E-state index in [1.807, 2.05) is 0 Å². The minimum atomic E-state index is -3.57. The molecule has 2 saturated heterocycles. The average Bonchev–Trinajstić information content (AvgIpc) is 2.93. The number of benzene rings is 1. The topological polar surface area (TPSA) is 75.7 Å². The second kappa shape index (κ2) is 6.27. The summed E-state index contributed by atoms with van der Waals surface area (Å²) >= 11 is 3.27. The second-order valence-corrected chi connectivity index (χ2v) is 8.28. The summed E-state index contributed by atoms with van der Waals surface area (Å²) in [7, 11) is -3.57. The lowest BCUT2D eigenvalue weighted by molar-refractivity contribution is -0.128. The third-order valence-corrected chi connectivity index (χ3v) is 6.84. The summed E-state index contributed by atoms with van der Waals surface area (Å²) in [5.74, 6) is -0.379. The summed E-state index contributed by atoms with van der Waals surface area (Å²) < 4.78 is 32.3. The first kappa shape index (κ1) is 15.9. The van der Waals surface area contributed by atoms with Crippen LogP contribution in [0.2, 0.25) is 0 Å². The molecule has 2 aliphatic heterocycles. The lowest BCUT2D eigenvalue weighted by Crippen LogP contribution is -2.50. The van der Waals surface area contributed by atoms with Gasteiger partial charge in [0.15, 0.2) is 0 Å². The molecular weight excluding hydrogens is 372 g/mol. The van der Waals surface area contributed by atoms with Crippen molar-refractivity contribution in [2.24, 2.45) is 5.92 Å². The maximum atomic E-state index is 12.7. The normalized spacial score (nSPS) is 23.2. The molecule has 0 saturated carbocycles. The van der Waals surface area contributed by atoms with E-state index < -0.39 is 10.0 Å². The van der Waals surface area contributed by atoms with Crippen molar-refractivity contribution in [1.29, 1.82) is 0 Å². The summed E-state index contributed by atoms with van der Waals surface area (Å²) in [5.41, 5.74) is 0. The molecule has 2 fully saturated rings. The van der Waals surface area contributed by atoms with Crippen LogP contribution in [0.4, 0.5) is 0 Å². The number of nitrogens with zero attached hydrogens (tertiary/aromatic N) is 1. The molecule has 2 heterocycles. The standard InChI is InChI=1S/C14H17BrN2O4S/c15-12-3-1-2-4-13(12)22(19,20)17-6-5-10(7-17)14(18)16-11-8-21-9-11/h1-4,10-11H,5-9H2,(H,16,18). The maximum absolute atomic E-state index is 12.7. The molecule has 0 aromatic heterocycles. The number of rotatable bonds is 4. The summed E-state index contributed by atoms with van der Waals surface area (Å²) in [4.78, 5) is 12.4. The van der Waals surface area contributed by atoms with Crippen LogP contribution in [-0.4, -0.2) is 51.0 Å². The van der Waals surface area contributed by atoms with Crippen LogP contribution in [0, 0.1) is 5.92 Å². The van der Waals surface area contributed by atoms with Gasteiger partial charge in [-0.05, 0) is 34.5 Å². The van der Waals surface area contributed by atoms with E-state index in [1.54, 1.807) is 24.3 Å². The Bertz CT molecular complexity index is 675. The lowest BCUT2D eigenvalue weighted by Gasteiger charge is -2.28. The van der Waals surface area contributed by atoms with Crippen LogP contribution in [0.1, 0.15) is 6.42 Å². The summed E-state index contributed by atoms with van der Waals surface area (Å²) in [6.07, 6.45) is 0.545. The van der Waals surface area contributed by atoms with E-state index in [1.165, 1.54) is 4.31 Å². The molecule has 1 aromatic rings. The van der Waals surface area contributed by atoms with E-state index in [2.05, 4.69) is 21.2 Å². The lowest BCUT2D eigenvalue weighted by atomic mass is 10.1. The number of hydrogen-bond acceptors (Lipinski definition) is 4. The molecule has 22 heavy (non-hydrogen) atoms. The fraction of sp³-hybridized carbons (Fsp3) is 0.500. The molecule has 1 aromatic carbocycles. The smallest absolute Gasteiger partial charge is 0.244 e. The Hall–Kier alpha value is -0.960. The van der Waals surface area contributed by atoms with Gasteiger partial charge in [0.05, 0.1) is 30.1 Å². The Balaban J connectivity index is 1.69. The first-order chi connectivity index (χ1) is 10.5. The molecular formula is C14H17BrN2O4S. The quantitative estimate of drug-likeness (QED) is 0.833. The van der Waals surface area contributed by atoms with Gasteiger partial charge in [0.1, 0.15) is 0 Å². The van der Waals surface area contributed by atoms with Crippen LogP contribution in [0.3, 0.4) is 0 Å². The van der Waals surface area contributed by atoms with E-state index in [4.69, 9.17) is 4.74 Å². The van der Waals surface area contributed by atoms with Gasteiger partial charge in [0.2, 0.25) is 15.9 Å². The summed E-state index contributed by atoms with van der Waals surface area (Å²) in [5, 5.41) is 2.89. The van der Waals surface area contributed by atoms with Gasteiger partial charge >= 0.3 is 0 Å². The highest BCUT2D eigenvalue weighted by Gasteiger charge is 2.37. The van der Waals surface area contributed by atoms with Gasteiger partial charge < -0.3 is 10.1 Å². The van der Waals surface area contributed by atoms with Crippen molar-refractivity contribution in [3.05, 3.63) is 28.7 Å². The zero-order valence-corrected chi connectivity index (χ0v) is 14.3. The zero-order valence-electron chi connectivity index (χ0n) is 11.9. The predicted molar refractivity (Wildman–Crippen MR) is 83.8 cm³/mol. The van der Waals surface area contributed by atoms with Gasteiger partial charge in [0, 0.05) is 17.6 Å². The van der Waals surface area contributed by atoms with E-state index in [9.17, 15) is 13.2 Å². The van der Waals surface area contributed by atoms with Crippen LogP contribution in [0.15, 0.2) is 33.6 Å². The van der Waals surface area contributed by atoms with Crippen molar-refractivity contribution in [1.82, 2.24) is 9.62 Å². The fourth-order valence-corrected chi connectivity index (χ4v) is 5.06. The molecule has 0 bridgehead atoms. The predicted octanol–water partition coefficient (Wildman–Crippen LogP) is 0.975. The van der Waals surface area contributed by atoms with Gasteiger partial charge in [-0.1, -0.05) is 12.1 Å². The maximum Gasteiger partial charge on any atom is 0.244 e. The minimum Gasteiger partial charge on any atom is -0.377 e. The SMILES string of the molecule is O=C(NC1COC1)C1CCN(S(=O)(=O)c2ccccc2Br)C1. The number of carbonyl (C=O) groups is 1. The van der Waals surface area contributed by atoms with Crippen molar-refractivity contribution in [2.75, 3.05) is 26.3 Å².